The first kappa shape index (κ1) is 15.0. The summed E-state index contributed by atoms with van der Waals surface area (Å²) >= 11 is 0. The van der Waals surface area contributed by atoms with Crippen molar-refractivity contribution >= 4 is 6.08 Å². The molecule has 0 aromatic heterocycles. The molecule has 1 aromatic rings. The molecule has 2 saturated carbocycles. The smallest absolute Gasteiger partial charge is 0.145 e. The van der Waals surface area contributed by atoms with Crippen molar-refractivity contribution in [3.8, 4) is 18.2 Å². The van der Waals surface area contributed by atoms with E-state index in [-0.39, 0.29) is 10.8 Å². The third-order valence-electron chi connectivity index (χ3n) is 7.71. The highest BCUT2D eigenvalue weighted by Gasteiger charge is 2.87. The lowest BCUT2D eigenvalue weighted by Gasteiger charge is -2.75. The molecule has 1 spiro atoms. The van der Waals surface area contributed by atoms with Gasteiger partial charge in [0.2, 0.25) is 0 Å². The van der Waals surface area contributed by atoms with Crippen molar-refractivity contribution in [1.82, 2.24) is 0 Å². The molecule has 3 unspecified atom stereocenters. The number of allylic oxidation sites excluding steroid dienone is 1. The Morgan fingerprint density at radius 3 is 2.21 bits per heavy atom. The first-order chi connectivity index (χ1) is 11.3. The van der Waals surface area contributed by atoms with Gasteiger partial charge in [-0.15, -0.1) is 0 Å². The fraction of sp³-hybridized carbons (Fsp3) is 0.476. The molecular weight excluding hydrogens is 294 g/mol. The molecule has 0 saturated heterocycles. The predicted octanol–water partition coefficient (Wildman–Crippen LogP) is 4.33. The van der Waals surface area contributed by atoms with E-state index in [1.165, 1.54) is 0 Å². The summed E-state index contributed by atoms with van der Waals surface area (Å²) in [5.41, 5.74) is -0.638. The van der Waals surface area contributed by atoms with E-state index >= 15 is 0 Å². The van der Waals surface area contributed by atoms with Crippen LogP contribution in [0.25, 0.3) is 6.08 Å². The molecule has 3 aliphatic carbocycles. The summed E-state index contributed by atoms with van der Waals surface area (Å²) in [6, 6.07) is 15.3. The molecule has 2 fully saturated rings. The van der Waals surface area contributed by atoms with Crippen LogP contribution >= 0.6 is 0 Å². The number of hydrogen-bond donors (Lipinski definition) is 0. The van der Waals surface area contributed by atoms with Gasteiger partial charge in [-0.1, -0.05) is 57.2 Å². The summed E-state index contributed by atoms with van der Waals surface area (Å²) in [6.45, 7) is 6.43. The van der Waals surface area contributed by atoms with E-state index in [2.05, 4.69) is 51.1 Å². The van der Waals surface area contributed by atoms with Gasteiger partial charge in [-0.2, -0.15) is 15.8 Å². The van der Waals surface area contributed by atoms with Gasteiger partial charge in [-0.25, -0.2) is 0 Å². The zero-order chi connectivity index (χ0) is 17.4. The largest absolute Gasteiger partial charge is 0.197 e. The van der Waals surface area contributed by atoms with Crippen LogP contribution in [0.2, 0.25) is 0 Å². The Morgan fingerprint density at radius 2 is 1.58 bits per heavy atom. The quantitative estimate of drug-likeness (QED) is 0.715. The van der Waals surface area contributed by atoms with Gasteiger partial charge in [0.25, 0.3) is 0 Å². The lowest BCUT2D eigenvalue weighted by molar-refractivity contribution is -0.208. The molecule has 24 heavy (non-hydrogen) atoms. The minimum absolute atomic E-state index is 0.259. The standard InChI is InChI=1S/C21H19N3/c1-17(2)18(3)10-19(12-22,13-23)11-20(18)9-8-15-6-4-5-7-16(15)21(17,20)14-24/h4-9H,10-11H2,1-3H3. The van der Waals surface area contributed by atoms with Crippen molar-refractivity contribution in [2.75, 3.05) is 0 Å². The maximum Gasteiger partial charge on any atom is 0.145 e. The second kappa shape index (κ2) is 3.91. The molecule has 3 heteroatoms. The van der Waals surface area contributed by atoms with Crippen LogP contribution in [0.15, 0.2) is 30.3 Å². The summed E-state index contributed by atoms with van der Waals surface area (Å²) in [6.07, 6.45) is 5.19. The average molecular weight is 313 g/mol. The number of benzene rings is 1. The topological polar surface area (TPSA) is 71.4 Å². The Morgan fingerprint density at radius 1 is 0.917 bits per heavy atom. The van der Waals surface area contributed by atoms with E-state index in [1.807, 2.05) is 24.3 Å². The number of hydrogen-bond acceptors (Lipinski definition) is 3. The van der Waals surface area contributed by atoms with E-state index in [4.69, 9.17) is 0 Å². The van der Waals surface area contributed by atoms with Crippen LogP contribution in [0.4, 0.5) is 0 Å². The Labute approximate surface area is 142 Å². The molecule has 1 aromatic carbocycles. The monoisotopic (exact) mass is 313 g/mol. The molecule has 4 rings (SSSR count). The molecule has 3 atom stereocenters. The zero-order valence-electron chi connectivity index (χ0n) is 14.2. The highest BCUT2D eigenvalue weighted by Crippen LogP contribution is 2.87. The van der Waals surface area contributed by atoms with Crippen molar-refractivity contribution in [2.45, 2.75) is 39.0 Å². The predicted molar refractivity (Wildman–Crippen MR) is 90.0 cm³/mol. The van der Waals surface area contributed by atoms with Crippen LogP contribution in [0.1, 0.15) is 44.7 Å². The van der Waals surface area contributed by atoms with Crippen molar-refractivity contribution in [3.05, 3.63) is 41.5 Å². The van der Waals surface area contributed by atoms with Gasteiger partial charge in [-0.05, 0) is 34.8 Å². The molecule has 0 aliphatic heterocycles. The first-order valence-electron chi connectivity index (χ1n) is 8.32. The molecule has 0 heterocycles. The van der Waals surface area contributed by atoms with Crippen LogP contribution in [0.5, 0.6) is 0 Å². The zero-order valence-corrected chi connectivity index (χ0v) is 14.2. The molecule has 0 bridgehead atoms. The van der Waals surface area contributed by atoms with E-state index in [0.717, 1.165) is 11.1 Å². The van der Waals surface area contributed by atoms with Crippen molar-refractivity contribution in [3.63, 3.8) is 0 Å². The molecule has 0 radical (unpaired) electrons. The second-order valence-electron chi connectivity index (χ2n) is 8.37. The van der Waals surface area contributed by atoms with Crippen LogP contribution in [-0.4, -0.2) is 0 Å². The Balaban J connectivity index is 2.08. The van der Waals surface area contributed by atoms with E-state index in [0.29, 0.717) is 12.8 Å². The summed E-state index contributed by atoms with van der Waals surface area (Å²) in [4.78, 5) is 0. The second-order valence-corrected chi connectivity index (χ2v) is 8.37. The SMILES string of the molecule is CC1(C)C2(C)CC(C#N)(C#N)CC23C=Cc2ccccc2C13C#N. The van der Waals surface area contributed by atoms with Gasteiger partial charge in [0.1, 0.15) is 5.41 Å². The molecule has 3 aliphatic rings. The molecular formula is C21H19N3. The summed E-state index contributed by atoms with van der Waals surface area (Å²) in [5.74, 6) is 0. The van der Waals surface area contributed by atoms with Crippen LogP contribution in [-0.2, 0) is 5.41 Å². The number of fused-ring (bicyclic) bond motifs is 2. The number of rotatable bonds is 0. The molecule has 0 amide bonds. The van der Waals surface area contributed by atoms with E-state index in [9.17, 15) is 15.8 Å². The van der Waals surface area contributed by atoms with Gasteiger partial charge in [-0.3, -0.25) is 0 Å². The van der Waals surface area contributed by atoms with Crippen LogP contribution in [0, 0.1) is 55.7 Å². The lowest BCUT2D eigenvalue weighted by Crippen LogP contribution is -2.76. The maximum absolute atomic E-state index is 10.4. The molecule has 3 nitrogen and oxygen atoms in total. The van der Waals surface area contributed by atoms with E-state index in [1.54, 1.807) is 0 Å². The summed E-state index contributed by atoms with van der Waals surface area (Å²) in [5, 5.41) is 29.8. The summed E-state index contributed by atoms with van der Waals surface area (Å²) < 4.78 is 0. The lowest BCUT2D eigenvalue weighted by atomic mass is 9.25. The number of nitrogens with zero attached hydrogens (tertiary/aromatic N) is 3. The van der Waals surface area contributed by atoms with Gasteiger partial charge in [0, 0.05) is 5.41 Å². The Kier molecular flexibility index (Phi) is 2.44. The number of nitriles is 3. The minimum atomic E-state index is -1.01. The minimum Gasteiger partial charge on any atom is -0.197 e. The van der Waals surface area contributed by atoms with Crippen molar-refractivity contribution < 1.29 is 0 Å². The van der Waals surface area contributed by atoms with Crippen LogP contribution in [0.3, 0.4) is 0 Å². The summed E-state index contributed by atoms with van der Waals surface area (Å²) in [7, 11) is 0. The fourth-order valence-electron chi connectivity index (χ4n) is 6.37. The van der Waals surface area contributed by atoms with Gasteiger partial charge >= 0.3 is 0 Å². The average Bonchev–Trinajstić information content (AvgIpc) is 2.84. The van der Waals surface area contributed by atoms with Gasteiger partial charge in [0.05, 0.1) is 23.6 Å². The first-order valence-corrected chi connectivity index (χ1v) is 8.32. The Hall–Kier alpha value is -2.57. The van der Waals surface area contributed by atoms with Crippen molar-refractivity contribution in [1.29, 1.82) is 15.8 Å². The van der Waals surface area contributed by atoms with Gasteiger partial charge in [0.15, 0.2) is 0 Å². The Bertz CT molecular complexity index is 906. The van der Waals surface area contributed by atoms with E-state index < -0.39 is 16.2 Å². The third-order valence-corrected chi connectivity index (χ3v) is 7.71. The van der Waals surface area contributed by atoms with Crippen LogP contribution < -0.4 is 0 Å². The normalized spacial score (nSPS) is 39.2. The van der Waals surface area contributed by atoms with Crippen molar-refractivity contribution in [2.24, 2.45) is 21.7 Å². The highest BCUT2D eigenvalue weighted by molar-refractivity contribution is 5.70. The molecule has 0 N–H and O–H groups in total. The highest BCUT2D eigenvalue weighted by atomic mass is 14.9. The van der Waals surface area contributed by atoms with Gasteiger partial charge < -0.3 is 0 Å². The maximum atomic E-state index is 10.4. The fourth-order valence-corrected chi connectivity index (χ4v) is 6.37. The third kappa shape index (κ3) is 1.10. The molecule has 118 valence electrons.